The van der Waals surface area contributed by atoms with Crippen LogP contribution in [0.4, 0.5) is 0 Å². The standard InChI is InChI=1S/C56H43BN2OS2/c1-55(2,3)32-24-26-43-39(28-32)57-40-29-33(56(4,5)6)25-27-46(40)61-47-31-35(30-44(60-43)51(47)57)59-42-22-14-11-19-37(42)49-52(59)48-36-18-10-13-21-41(36)58(34-16-8-7-9-17-34)53(48)50-38-20-12-15-23-45(38)62-54(49)50/h7-31H,1-6H3. The molecule has 8 aromatic carbocycles. The van der Waals surface area contributed by atoms with Crippen LogP contribution in [0.3, 0.4) is 0 Å². The molecule has 62 heavy (non-hydrogen) atoms. The Balaban J connectivity index is 1.17. The predicted molar refractivity (Wildman–Crippen MR) is 267 cm³/mol. The number of ether oxygens (including phenoxy) is 1. The Morgan fingerprint density at radius 3 is 1.77 bits per heavy atom. The van der Waals surface area contributed by atoms with Crippen molar-refractivity contribution in [3.05, 3.63) is 163 Å². The van der Waals surface area contributed by atoms with Crippen molar-refractivity contribution in [2.75, 3.05) is 0 Å². The Bertz CT molecular complexity index is 3640. The molecule has 13 rings (SSSR count). The van der Waals surface area contributed by atoms with Crippen molar-refractivity contribution in [3.63, 3.8) is 0 Å². The van der Waals surface area contributed by atoms with E-state index in [1.165, 1.54) is 101 Å². The van der Waals surface area contributed by atoms with Gasteiger partial charge in [-0.15, -0.1) is 11.3 Å². The summed E-state index contributed by atoms with van der Waals surface area (Å²) in [7, 11) is 0. The van der Waals surface area contributed by atoms with Crippen LogP contribution in [0, 0.1) is 0 Å². The van der Waals surface area contributed by atoms with Gasteiger partial charge in [0.05, 0.1) is 27.8 Å². The van der Waals surface area contributed by atoms with Gasteiger partial charge in [-0.2, -0.15) is 0 Å². The molecule has 2 aliphatic rings. The van der Waals surface area contributed by atoms with Gasteiger partial charge in [0.1, 0.15) is 11.5 Å². The van der Waals surface area contributed by atoms with Gasteiger partial charge in [-0.3, -0.25) is 0 Å². The lowest BCUT2D eigenvalue weighted by atomic mass is 9.35. The first-order valence-electron chi connectivity index (χ1n) is 21.7. The minimum absolute atomic E-state index is 0.00678. The van der Waals surface area contributed by atoms with Crippen molar-refractivity contribution in [2.24, 2.45) is 0 Å². The average molecular weight is 835 g/mol. The molecule has 0 saturated heterocycles. The largest absolute Gasteiger partial charge is 0.458 e. The number of para-hydroxylation sites is 3. The van der Waals surface area contributed by atoms with Crippen LogP contribution in [-0.4, -0.2) is 15.8 Å². The molecule has 0 unspecified atom stereocenters. The van der Waals surface area contributed by atoms with Crippen LogP contribution in [0.2, 0.25) is 0 Å². The van der Waals surface area contributed by atoms with Crippen LogP contribution >= 0.6 is 23.1 Å². The summed E-state index contributed by atoms with van der Waals surface area (Å²) < 4.78 is 14.9. The number of rotatable bonds is 2. The van der Waals surface area contributed by atoms with E-state index < -0.39 is 0 Å². The summed E-state index contributed by atoms with van der Waals surface area (Å²) in [5.41, 5.74) is 13.8. The fraction of sp³-hybridized carbons (Fsp3) is 0.143. The molecule has 0 aliphatic carbocycles. The quantitative estimate of drug-likeness (QED) is 0.162. The third kappa shape index (κ3) is 5.02. The molecule has 298 valence electrons. The molecule has 3 nitrogen and oxygen atoms in total. The van der Waals surface area contributed by atoms with Crippen LogP contribution < -0.4 is 21.1 Å². The first-order valence-corrected chi connectivity index (χ1v) is 23.3. The number of fused-ring (bicyclic) bond motifs is 16. The molecule has 11 aromatic rings. The molecular weight excluding hydrogens is 792 g/mol. The fourth-order valence-electron chi connectivity index (χ4n) is 10.5. The zero-order valence-corrected chi connectivity index (χ0v) is 37.3. The number of hydrogen-bond acceptors (Lipinski definition) is 3. The topological polar surface area (TPSA) is 19.1 Å². The van der Waals surface area contributed by atoms with Crippen molar-refractivity contribution in [1.29, 1.82) is 0 Å². The van der Waals surface area contributed by atoms with Crippen LogP contribution in [0.25, 0.3) is 75.2 Å². The molecule has 3 aromatic heterocycles. The monoisotopic (exact) mass is 834 g/mol. The molecule has 0 atom stereocenters. The molecular formula is C56H43BN2OS2. The van der Waals surface area contributed by atoms with E-state index in [0.717, 1.165) is 22.9 Å². The second-order valence-corrected chi connectivity index (χ2v) is 21.4. The summed E-state index contributed by atoms with van der Waals surface area (Å²) >= 11 is 3.81. The number of hydrogen-bond donors (Lipinski definition) is 0. The summed E-state index contributed by atoms with van der Waals surface area (Å²) in [5.74, 6) is 1.88. The van der Waals surface area contributed by atoms with Gasteiger partial charge in [0.15, 0.2) is 0 Å². The highest BCUT2D eigenvalue weighted by atomic mass is 32.2. The Hall–Kier alpha value is -6.21. The SMILES string of the molecule is CC(C)(C)c1ccc2c(c1)B1c3cc(C(C)(C)C)ccc3Sc3cc(-n4c5ccccc5c5c6sc7ccccc7c6c6c(c7ccccc7n6-c6ccccc6)c54)cc(c31)O2. The zero-order valence-electron chi connectivity index (χ0n) is 35.6. The van der Waals surface area contributed by atoms with E-state index in [0.29, 0.717) is 0 Å². The van der Waals surface area contributed by atoms with Gasteiger partial charge in [0, 0.05) is 63.3 Å². The first kappa shape index (κ1) is 36.4. The molecule has 5 heterocycles. The summed E-state index contributed by atoms with van der Waals surface area (Å²) in [6.07, 6.45) is 0. The van der Waals surface area contributed by atoms with Gasteiger partial charge in [-0.05, 0) is 81.4 Å². The van der Waals surface area contributed by atoms with Gasteiger partial charge >= 0.3 is 0 Å². The highest BCUT2D eigenvalue weighted by Crippen LogP contribution is 2.52. The van der Waals surface area contributed by atoms with Crippen molar-refractivity contribution in [3.8, 4) is 22.9 Å². The second kappa shape index (κ2) is 12.7. The minimum atomic E-state index is 0.00678. The van der Waals surface area contributed by atoms with E-state index in [4.69, 9.17) is 4.74 Å². The van der Waals surface area contributed by atoms with Crippen molar-refractivity contribution >= 4 is 110 Å². The van der Waals surface area contributed by atoms with E-state index >= 15 is 0 Å². The normalized spacial score (nSPS) is 13.7. The van der Waals surface area contributed by atoms with Crippen molar-refractivity contribution < 1.29 is 4.74 Å². The van der Waals surface area contributed by atoms with Crippen LogP contribution in [0.1, 0.15) is 52.7 Å². The van der Waals surface area contributed by atoms with E-state index in [9.17, 15) is 0 Å². The van der Waals surface area contributed by atoms with Gasteiger partial charge in [-0.1, -0.05) is 156 Å². The van der Waals surface area contributed by atoms with Crippen LogP contribution in [0.5, 0.6) is 11.5 Å². The first-order chi connectivity index (χ1) is 30.0. The maximum Gasteiger partial charge on any atom is 0.253 e. The highest BCUT2D eigenvalue weighted by Gasteiger charge is 2.41. The lowest BCUT2D eigenvalue weighted by molar-refractivity contribution is 0.485. The van der Waals surface area contributed by atoms with Gasteiger partial charge in [0.25, 0.3) is 6.71 Å². The van der Waals surface area contributed by atoms with Crippen LogP contribution in [-0.2, 0) is 10.8 Å². The smallest absolute Gasteiger partial charge is 0.253 e. The van der Waals surface area contributed by atoms with Crippen LogP contribution in [0.15, 0.2) is 161 Å². The van der Waals surface area contributed by atoms with E-state index in [1.807, 2.05) is 23.1 Å². The zero-order chi connectivity index (χ0) is 41.8. The Labute approximate surface area is 369 Å². The average Bonchev–Trinajstić information content (AvgIpc) is 3.93. The molecule has 0 saturated carbocycles. The van der Waals surface area contributed by atoms with E-state index in [2.05, 4.69) is 202 Å². The predicted octanol–water partition coefficient (Wildman–Crippen LogP) is 13.9. The Morgan fingerprint density at radius 1 is 0.484 bits per heavy atom. The Morgan fingerprint density at radius 2 is 1.06 bits per heavy atom. The molecule has 0 spiro atoms. The molecule has 6 heteroatoms. The summed E-state index contributed by atoms with van der Waals surface area (Å²) in [4.78, 5) is 2.57. The van der Waals surface area contributed by atoms with Crippen molar-refractivity contribution in [2.45, 2.75) is 62.2 Å². The number of benzene rings is 8. The molecule has 0 amide bonds. The molecule has 0 N–H and O–H groups in total. The third-order valence-corrected chi connectivity index (χ3v) is 15.8. The maximum atomic E-state index is 7.17. The maximum absolute atomic E-state index is 7.17. The number of thiophene rings is 1. The highest BCUT2D eigenvalue weighted by molar-refractivity contribution is 8.00. The van der Waals surface area contributed by atoms with E-state index in [-0.39, 0.29) is 17.5 Å². The fourth-order valence-corrected chi connectivity index (χ4v) is 13.0. The lowest BCUT2D eigenvalue weighted by Crippen LogP contribution is -2.58. The minimum Gasteiger partial charge on any atom is -0.458 e. The summed E-state index contributed by atoms with van der Waals surface area (Å²) in [6, 6.07) is 56.8. The lowest BCUT2D eigenvalue weighted by Gasteiger charge is -2.35. The Kier molecular flexibility index (Phi) is 7.46. The summed E-state index contributed by atoms with van der Waals surface area (Å²) in [5, 5.41) is 7.69. The summed E-state index contributed by atoms with van der Waals surface area (Å²) in [6.45, 7) is 13.9. The second-order valence-electron chi connectivity index (χ2n) is 19.3. The van der Waals surface area contributed by atoms with Crippen molar-refractivity contribution in [1.82, 2.24) is 9.13 Å². The van der Waals surface area contributed by atoms with Gasteiger partial charge in [0.2, 0.25) is 0 Å². The third-order valence-electron chi connectivity index (χ3n) is 13.5. The van der Waals surface area contributed by atoms with E-state index in [1.54, 1.807) is 0 Å². The molecule has 2 aliphatic heterocycles. The molecule has 0 fully saturated rings. The number of aromatic nitrogens is 2. The number of nitrogens with zero attached hydrogens (tertiary/aromatic N) is 2. The molecule has 0 bridgehead atoms. The molecule has 0 radical (unpaired) electrons. The van der Waals surface area contributed by atoms with Gasteiger partial charge < -0.3 is 13.9 Å². The van der Waals surface area contributed by atoms with Gasteiger partial charge in [-0.25, -0.2) is 0 Å².